The van der Waals surface area contributed by atoms with E-state index >= 15 is 0 Å². The second kappa shape index (κ2) is 10.2. The van der Waals surface area contributed by atoms with Gasteiger partial charge in [0.1, 0.15) is 11.6 Å². The zero-order valence-corrected chi connectivity index (χ0v) is 19.2. The molecule has 3 rings (SSSR count). The number of esters is 1. The van der Waals surface area contributed by atoms with Crippen molar-refractivity contribution in [2.45, 2.75) is 25.4 Å². The fourth-order valence-electron chi connectivity index (χ4n) is 3.09. The van der Waals surface area contributed by atoms with E-state index in [0.29, 0.717) is 17.9 Å². The van der Waals surface area contributed by atoms with Gasteiger partial charge in [0.25, 0.3) is 0 Å². The molecule has 0 unspecified atom stereocenters. The molecule has 9 heteroatoms. The van der Waals surface area contributed by atoms with Crippen LogP contribution in [0, 0.1) is 13.8 Å². The minimum absolute atomic E-state index is 0.132. The number of benzene rings is 1. The second-order valence-electron chi connectivity index (χ2n) is 7.07. The predicted octanol–water partition coefficient (Wildman–Crippen LogP) is 3.78. The summed E-state index contributed by atoms with van der Waals surface area (Å²) in [4.78, 5) is 28.0. The van der Waals surface area contributed by atoms with Crippen molar-refractivity contribution in [3.63, 3.8) is 0 Å². The van der Waals surface area contributed by atoms with Crippen LogP contribution < -0.4 is 10.1 Å². The third-order valence-corrected chi connectivity index (χ3v) is 6.22. The number of nitrogens with one attached hydrogen (secondary N) is 1. The molecule has 0 atom stereocenters. The molecule has 168 valence electrons. The van der Waals surface area contributed by atoms with Crippen LogP contribution in [0.25, 0.3) is 0 Å². The number of methoxy groups -OCH3 is 2. The lowest BCUT2D eigenvalue weighted by Gasteiger charge is -2.12. The number of carbonyl (C=O) groups excluding carboxylic acids is 2. The molecule has 32 heavy (non-hydrogen) atoms. The van der Waals surface area contributed by atoms with Gasteiger partial charge in [0.05, 0.1) is 37.1 Å². The van der Waals surface area contributed by atoms with E-state index in [-0.39, 0.29) is 17.5 Å². The monoisotopic (exact) mass is 455 g/mol. The first-order chi connectivity index (χ1) is 15.3. The predicted molar refractivity (Wildman–Crippen MR) is 123 cm³/mol. The summed E-state index contributed by atoms with van der Waals surface area (Å²) in [5.74, 6) is 0.676. The van der Waals surface area contributed by atoms with Gasteiger partial charge in [0, 0.05) is 11.8 Å². The second-order valence-corrected chi connectivity index (χ2v) is 8.04. The van der Waals surface area contributed by atoms with Crippen LogP contribution in [0.2, 0.25) is 0 Å². The third kappa shape index (κ3) is 5.23. The molecule has 1 amide bonds. The minimum Gasteiger partial charge on any atom is -0.497 e. The molecular formula is C23H25N3O5S. The van der Waals surface area contributed by atoms with Crippen LogP contribution in [0.4, 0.5) is 5.82 Å². The van der Waals surface area contributed by atoms with Gasteiger partial charge in [0.15, 0.2) is 5.88 Å². The summed E-state index contributed by atoms with van der Waals surface area (Å²) in [7, 11) is 2.91. The highest BCUT2D eigenvalue weighted by atomic mass is 32.2. The Morgan fingerprint density at radius 1 is 1.09 bits per heavy atom. The van der Waals surface area contributed by atoms with Crippen molar-refractivity contribution in [2.24, 2.45) is 0 Å². The summed E-state index contributed by atoms with van der Waals surface area (Å²) in [5, 5.41) is 14.2. The van der Waals surface area contributed by atoms with E-state index in [1.807, 2.05) is 38.1 Å². The van der Waals surface area contributed by atoms with Crippen molar-refractivity contribution < 1.29 is 24.2 Å². The van der Waals surface area contributed by atoms with Gasteiger partial charge >= 0.3 is 5.97 Å². The molecule has 0 aliphatic rings. The van der Waals surface area contributed by atoms with Gasteiger partial charge in [0.2, 0.25) is 5.91 Å². The largest absolute Gasteiger partial charge is 0.497 e. The van der Waals surface area contributed by atoms with Crippen LogP contribution in [0.1, 0.15) is 27.0 Å². The molecule has 0 spiro atoms. The summed E-state index contributed by atoms with van der Waals surface area (Å²) in [6.07, 6.45) is 1.35. The molecule has 0 bridgehead atoms. The van der Waals surface area contributed by atoms with Crippen LogP contribution in [-0.4, -0.2) is 46.5 Å². The van der Waals surface area contributed by atoms with Gasteiger partial charge in [-0.3, -0.25) is 4.79 Å². The molecule has 2 heterocycles. The highest BCUT2D eigenvalue weighted by molar-refractivity contribution is 8.00. The number of aromatic nitrogens is 2. The smallest absolute Gasteiger partial charge is 0.339 e. The first-order valence-electron chi connectivity index (χ1n) is 9.82. The number of rotatable bonds is 8. The quantitative estimate of drug-likeness (QED) is 0.394. The van der Waals surface area contributed by atoms with Gasteiger partial charge in [-0.1, -0.05) is 23.9 Å². The van der Waals surface area contributed by atoms with Gasteiger partial charge in [-0.15, -0.1) is 0 Å². The fourth-order valence-corrected chi connectivity index (χ4v) is 4.11. The third-order valence-electron chi connectivity index (χ3n) is 5.01. The lowest BCUT2D eigenvalue weighted by molar-refractivity contribution is -0.113. The fraction of sp³-hybridized carbons (Fsp3) is 0.261. The molecule has 2 aromatic heterocycles. The topological polar surface area (TPSA) is 103 Å². The van der Waals surface area contributed by atoms with Gasteiger partial charge in [-0.2, -0.15) is 0 Å². The molecule has 0 saturated carbocycles. The zero-order chi connectivity index (χ0) is 23.3. The Kier molecular flexibility index (Phi) is 7.42. The molecule has 3 aromatic rings. The maximum absolute atomic E-state index is 12.5. The molecule has 0 radical (unpaired) electrons. The number of carbonyl (C=O) groups is 2. The minimum atomic E-state index is -0.491. The molecular weight excluding hydrogens is 430 g/mol. The molecule has 0 saturated heterocycles. The normalized spacial score (nSPS) is 10.6. The Morgan fingerprint density at radius 3 is 2.41 bits per heavy atom. The molecule has 0 aliphatic carbocycles. The SMILES string of the molecule is COC(=O)c1ccc(NC(=O)CSc2c(C)c(C)c(O)n2Cc2ccc(OC)cc2)nc1. The average molecular weight is 456 g/mol. The molecule has 0 aliphatic heterocycles. The summed E-state index contributed by atoms with van der Waals surface area (Å²) in [6, 6.07) is 10.7. The van der Waals surface area contributed by atoms with E-state index in [1.54, 1.807) is 17.7 Å². The Hall–Kier alpha value is -3.46. The number of ether oxygens (including phenoxy) is 2. The Balaban J connectivity index is 1.69. The van der Waals surface area contributed by atoms with Crippen molar-refractivity contribution in [3.05, 3.63) is 64.8 Å². The van der Waals surface area contributed by atoms with Gasteiger partial charge in [-0.05, 0) is 49.2 Å². The number of aromatic hydroxyl groups is 1. The first-order valence-corrected chi connectivity index (χ1v) is 10.8. The van der Waals surface area contributed by atoms with Crippen molar-refractivity contribution in [2.75, 3.05) is 25.3 Å². The standard InChI is InChI=1S/C23H25N3O5S/c1-14-15(2)22(26(21(14)28)12-16-5-8-18(30-3)9-6-16)32-13-20(27)25-19-10-7-17(11-24-19)23(29)31-4/h5-11,28H,12-13H2,1-4H3,(H,24,25,27). The lowest BCUT2D eigenvalue weighted by Crippen LogP contribution is -2.16. The number of pyridine rings is 1. The van der Waals surface area contributed by atoms with Crippen LogP contribution >= 0.6 is 11.8 Å². The maximum atomic E-state index is 12.5. The lowest BCUT2D eigenvalue weighted by atomic mass is 10.2. The molecule has 0 fully saturated rings. The van der Waals surface area contributed by atoms with E-state index in [0.717, 1.165) is 27.5 Å². The zero-order valence-electron chi connectivity index (χ0n) is 18.3. The van der Waals surface area contributed by atoms with Crippen LogP contribution in [0.15, 0.2) is 47.6 Å². The molecule has 8 nitrogen and oxygen atoms in total. The number of hydrogen-bond acceptors (Lipinski definition) is 7. The van der Waals surface area contributed by atoms with Gasteiger partial charge in [-0.25, -0.2) is 9.78 Å². The van der Waals surface area contributed by atoms with E-state index in [4.69, 9.17) is 4.74 Å². The molecule has 2 N–H and O–H groups in total. The number of amides is 1. The highest BCUT2D eigenvalue weighted by Crippen LogP contribution is 2.35. The van der Waals surface area contributed by atoms with Crippen molar-refractivity contribution in [1.29, 1.82) is 0 Å². The summed E-state index contributed by atoms with van der Waals surface area (Å²) >= 11 is 1.34. The Morgan fingerprint density at radius 2 is 1.81 bits per heavy atom. The maximum Gasteiger partial charge on any atom is 0.339 e. The van der Waals surface area contributed by atoms with Crippen LogP contribution in [0.5, 0.6) is 11.6 Å². The average Bonchev–Trinajstić information content (AvgIpc) is 3.01. The highest BCUT2D eigenvalue weighted by Gasteiger charge is 2.19. The van der Waals surface area contributed by atoms with E-state index in [1.165, 1.54) is 31.1 Å². The number of thioether (sulfide) groups is 1. The summed E-state index contributed by atoms with van der Waals surface area (Å²) < 4.78 is 11.6. The van der Waals surface area contributed by atoms with Crippen molar-refractivity contribution in [3.8, 4) is 11.6 Å². The number of hydrogen-bond donors (Lipinski definition) is 2. The Bertz CT molecular complexity index is 1110. The van der Waals surface area contributed by atoms with Crippen LogP contribution in [0.3, 0.4) is 0 Å². The number of nitrogens with zero attached hydrogens (tertiary/aromatic N) is 2. The van der Waals surface area contributed by atoms with Crippen molar-refractivity contribution in [1.82, 2.24) is 9.55 Å². The van der Waals surface area contributed by atoms with E-state index in [9.17, 15) is 14.7 Å². The summed E-state index contributed by atoms with van der Waals surface area (Å²) in [5.41, 5.74) is 3.01. The van der Waals surface area contributed by atoms with E-state index < -0.39 is 5.97 Å². The van der Waals surface area contributed by atoms with Crippen LogP contribution in [-0.2, 0) is 16.1 Å². The first kappa shape index (κ1) is 23.2. The summed E-state index contributed by atoms with van der Waals surface area (Å²) in [6.45, 7) is 4.24. The molecule has 1 aromatic carbocycles. The van der Waals surface area contributed by atoms with Crippen molar-refractivity contribution >= 4 is 29.5 Å². The van der Waals surface area contributed by atoms with Gasteiger partial charge < -0.3 is 24.5 Å². The number of anilines is 1. The Labute approximate surface area is 190 Å². The van der Waals surface area contributed by atoms with E-state index in [2.05, 4.69) is 15.0 Å².